The van der Waals surface area contributed by atoms with Crippen LogP contribution in [0.1, 0.15) is 12.5 Å². The molecule has 0 saturated carbocycles. The number of carbonyl (C=O) groups is 1. The van der Waals surface area contributed by atoms with Gasteiger partial charge in [-0.05, 0) is 24.6 Å². The van der Waals surface area contributed by atoms with Crippen LogP contribution in [-0.2, 0) is 16.0 Å². The molecule has 0 radical (unpaired) electrons. The molecule has 0 amide bonds. The number of carbonyl (C=O) groups excluding carboxylic acids is 1. The molecule has 1 aromatic carbocycles. The molecule has 0 heterocycles. The second kappa shape index (κ2) is 4.77. The van der Waals surface area contributed by atoms with E-state index < -0.39 is 0 Å². The maximum absolute atomic E-state index is 11.1. The van der Waals surface area contributed by atoms with Crippen LogP contribution in [0.25, 0.3) is 0 Å². The largest absolute Gasteiger partial charge is 0.508 e. The highest BCUT2D eigenvalue weighted by molar-refractivity contribution is 5.80. The van der Waals surface area contributed by atoms with E-state index in [-0.39, 0.29) is 17.6 Å². The quantitative estimate of drug-likeness (QED) is 0.790. The number of ketones is 1. The van der Waals surface area contributed by atoms with Crippen molar-refractivity contribution in [2.45, 2.75) is 19.4 Å². The lowest BCUT2D eigenvalue weighted by Gasteiger charge is -2.11. The summed E-state index contributed by atoms with van der Waals surface area (Å²) in [5, 5.41) is 9.06. The first-order chi connectivity index (χ1) is 6.63. The summed E-state index contributed by atoms with van der Waals surface area (Å²) < 4.78 is 5.03. The lowest BCUT2D eigenvalue weighted by Crippen LogP contribution is -2.22. The van der Waals surface area contributed by atoms with Crippen LogP contribution in [0.15, 0.2) is 24.3 Å². The van der Waals surface area contributed by atoms with Crippen molar-refractivity contribution >= 4 is 5.78 Å². The van der Waals surface area contributed by atoms with Crippen molar-refractivity contribution in [3.8, 4) is 5.75 Å². The molecule has 1 atom stereocenters. The van der Waals surface area contributed by atoms with Gasteiger partial charge in [0.25, 0.3) is 0 Å². The standard InChI is InChI=1S/C11H14O3/c1-8(12)11(14-2)7-9-3-5-10(13)6-4-9/h3-6,11,13H,7H2,1-2H3. The zero-order valence-corrected chi connectivity index (χ0v) is 8.36. The minimum atomic E-state index is -0.389. The Morgan fingerprint density at radius 2 is 2.00 bits per heavy atom. The monoisotopic (exact) mass is 194 g/mol. The van der Waals surface area contributed by atoms with E-state index >= 15 is 0 Å². The predicted octanol–water partition coefficient (Wildman–Crippen LogP) is 1.54. The van der Waals surface area contributed by atoms with Crippen LogP contribution in [-0.4, -0.2) is 24.1 Å². The van der Waals surface area contributed by atoms with Crippen LogP contribution >= 0.6 is 0 Å². The molecular formula is C11H14O3. The molecule has 0 aliphatic rings. The van der Waals surface area contributed by atoms with Gasteiger partial charge in [0.05, 0.1) is 0 Å². The first kappa shape index (κ1) is 10.7. The van der Waals surface area contributed by atoms with Gasteiger partial charge in [-0.15, -0.1) is 0 Å². The van der Waals surface area contributed by atoms with Crippen molar-refractivity contribution in [3.63, 3.8) is 0 Å². The summed E-state index contributed by atoms with van der Waals surface area (Å²) in [6.45, 7) is 1.51. The highest BCUT2D eigenvalue weighted by Gasteiger charge is 2.13. The van der Waals surface area contributed by atoms with Gasteiger partial charge in [-0.3, -0.25) is 4.79 Å². The van der Waals surface area contributed by atoms with Crippen LogP contribution in [0.2, 0.25) is 0 Å². The van der Waals surface area contributed by atoms with E-state index in [0.717, 1.165) is 5.56 Å². The molecule has 1 aromatic rings. The first-order valence-electron chi connectivity index (χ1n) is 4.44. The Labute approximate surface area is 83.3 Å². The molecule has 76 valence electrons. The molecule has 14 heavy (non-hydrogen) atoms. The smallest absolute Gasteiger partial charge is 0.158 e. The molecule has 0 aliphatic heterocycles. The minimum absolute atomic E-state index is 0.0144. The van der Waals surface area contributed by atoms with Gasteiger partial charge in [0.15, 0.2) is 5.78 Å². The third kappa shape index (κ3) is 2.85. The lowest BCUT2D eigenvalue weighted by molar-refractivity contribution is -0.126. The second-order valence-electron chi connectivity index (χ2n) is 3.21. The molecule has 1 N–H and O–H groups in total. The normalized spacial score (nSPS) is 12.4. The Kier molecular flexibility index (Phi) is 3.65. The van der Waals surface area contributed by atoms with E-state index in [9.17, 15) is 4.79 Å². The number of ether oxygens (including phenoxy) is 1. The summed E-state index contributed by atoms with van der Waals surface area (Å²) in [5.74, 6) is 0.242. The number of Topliss-reactive ketones (excluding diaryl/α,β-unsaturated/α-hetero) is 1. The molecule has 0 aliphatic carbocycles. The van der Waals surface area contributed by atoms with E-state index in [2.05, 4.69) is 0 Å². The number of phenolic OH excluding ortho intramolecular Hbond substituents is 1. The summed E-state index contributed by atoms with van der Waals surface area (Å²) in [6, 6.07) is 6.76. The predicted molar refractivity (Wildman–Crippen MR) is 53.3 cm³/mol. The van der Waals surface area contributed by atoms with Gasteiger partial charge in [0.2, 0.25) is 0 Å². The molecule has 0 aromatic heterocycles. The van der Waals surface area contributed by atoms with E-state index in [1.54, 1.807) is 24.3 Å². The van der Waals surface area contributed by atoms with Crippen LogP contribution < -0.4 is 0 Å². The highest BCUT2D eigenvalue weighted by Crippen LogP contribution is 2.12. The molecule has 1 unspecified atom stereocenters. The Hall–Kier alpha value is -1.35. The summed E-state index contributed by atoms with van der Waals surface area (Å²) in [4.78, 5) is 11.1. The van der Waals surface area contributed by atoms with E-state index in [0.29, 0.717) is 6.42 Å². The zero-order valence-electron chi connectivity index (χ0n) is 8.36. The molecular weight excluding hydrogens is 180 g/mol. The average Bonchev–Trinajstić information content (AvgIpc) is 2.16. The average molecular weight is 194 g/mol. The van der Waals surface area contributed by atoms with Gasteiger partial charge in [-0.2, -0.15) is 0 Å². The minimum Gasteiger partial charge on any atom is -0.508 e. The topological polar surface area (TPSA) is 46.5 Å². The molecule has 0 bridgehead atoms. The molecule has 0 saturated heterocycles. The maximum Gasteiger partial charge on any atom is 0.158 e. The summed E-state index contributed by atoms with van der Waals surface area (Å²) in [7, 11) is 1.52. The van der Waals surface area contributed by atoms with E-state index in [1.165, 1.54) is 14.0 Å². The fraction of sp³-hybridized carbons (Fsp3) is 0.364. The third-order valence-electron chi connectivity index (χ3n) is 2.10. The van der Waals surface area contributed by atoms with E-state index in [4.69, 9.17) is 9.84 Å². The van der Waals surface area contributed by atoms with Crippen molar-refractivity contribution in [3.05, 3.63) is 29.8 Å². The van der Waals surface area contributed by atoms with Gasteiger partial charge < -0.3 is 9.84 Å². The number of methoxy groups -OCH3 is 1. The number of hydrogen-bond donors (Lipinski definition) is 1. The van der Waals surface area contributed by atoms with Gasteiger partial charge in [-0.1, -0.05) is 12.1 Å². The molecule has 0 fully saturated rings. The van der Waals surface area contributed by atoms with Crippen LogP contribution in [0.5, 0.6) is 5.75 Å². The van der Waals surface area contributed by atoms with E-state index in [1.807, 2.05) is 0 Å². The summed E-state index contributed by atoms with van der Waals surface area (Å²) >= 11 is 0. The molecule has 3 nitrogen and oxygen atoms in total. The van der Waals surface area contributed by atoms with Crippen LogP contribution in [0, 0.1) is 0 Å². The van der Waals surface area contributed by atoms with Gasteiger partial charge in [0, 0.05) is 13.5 Å². The molecule has 1 rings (SSSR count). The lowest BCUT2D eigenvalue weighted by atomic mass is 10.1. The zero-order chi connectivity index (χ0) is 10.6. The van der Waals surface area contributed by atoms with Crippen LogP contribution in [0.4, 0.5) is 0 Å². The highest BCUT2D eigenvalue weighted by atomic mass is 16.5. The van der Waals surface area contributed by atoms with Gasteiger partial charge in [-0.25, -0.2) is 0 Å². The SMILES string of the molecule is COC(Cc1ccc(O)cc1)C(C)=O. The Morgan fingerprint density at radius 1 is 1.43 bits per heavy atom. The second-order valence-corrected chi connectivity index (χ2v) is 3.21. The number of phenols is 1. The Bertz CT molecular complexity index is 303. The Balaban J connectivity index is 2.67. The van der Waals surface area contributed by atoms with Gasteiger partial charge in [0.1, 0.15) is 11.9 Å². The van der Waals surface area contributed by atoms with Crippen molar-refractivity contribution in [1.29, 1.82) is 0 Å². The number of aromatic hydroxyl groups is 1. The number of hydrogen-bond acceptors (Lipinski definition) is 3. The van der Waals surface area contributed by atoms with Crippen LogP contribution in [0.3, 0.4) is 0 Å². The number of benzene rings is 1. The first-order valence-corrected chi connectivity index (χ1v) is 4.44. The summed E-state index contributed by atoms with van der Waals surface area (Å²) in [6.07, 6.45) is 0.158. The van der Waals surface area contributed by atoms with Gasteiger partial charge >= 0.3 is 0 Å². The fourth-order valence-corrected chi connectivity index (χ4v) is 1.24. The van der Waals surface area contributed by atoms with Crippen molar-refractivity contribution in [2.24, 2.45) is 0 Å². The summed E-state index contributed by atoms with van der Waals surface area (Å²) in [5.41, 5.74) is 0.977. The fourth-order valence-electron chi connectivity index (χ4n) is 1.24. The number of rotatable bonds is 4. The molecule has 3 heteroatoms. The Morgan fingerprint density at radius 3 is 2.43 bits per heavy atom. The van der Waals surface area contributed by atoms with Crippen molar-refractivity contribution < 1.29 is 14.6 Å². The van der Waals surface area contributed by atoms with Crippen molar-refractivity contribution in [1.82, 2.24) is 0 Å². The maximum atomic E-state index is 11.1. The molecule has 0 spiro atoms. The third-order valence-corrected chi connectivity index (χ3v) is 2.10. The van der Waals surface area contributed by atoms with Crippen molar-refractivity contribution in [2.75, 3.05) is 7.11 Å².